The molecule has 1 rings (SSSR count). The number of methoxy groups -OCH3 is 1. The Morgan fingerprint density at radius 3 is 2.53 bits per heavy atom. The second kappa shape index (κ2) is 4.94. The van der Waals surface area contributed by atoms with Crippen LogP contribution >= 0.6 is 0 Å². The lowest BCUT2D eigenvalue weighted by Gasteiger charge is -2.46. The highest BCUT2D eigenvalue weighted by Gasteiger charge is 2.51. The summed E-state index contributed by atoms with van der Waals surface area (Å²) in [6.07, 6.45) is 1.60. The highest BCUT2D eigenvalue weighted by atomic mass is 16.5. The van der Waals surface area contributed by atoms with Gasteiger partial charge in [-0.3, -0.25) is 10.1 Å². The van der Waals surface area contributed by atoms with Crippen molar-refractivity contribution in [3.05, 3.63) is 0 Å². The molecule has 1 fully saturated rings. The number of nitrogens with one attached hydrogen (secondary N) is 1. The SMILES string of the molecule is CCOC(=O)C1(NC(C)C)CC(OC)C1. The Morgan fingerprint density at radius 1 is 1.53 bits per heavy atom. The van der Waals surface area contributed by atoms with E-state index in [1.165, 1.54) is 0 Å². The Balaban J connectivity index is 2.59. The van der Waals surface area contributed by atoms with Crippen molar-refractivity contribution in [2.75, 3.05) is 13.7 Å². The van der Waals surface area contributed by atoms with Crippen LogP contribution < -0.4 is 5.32 Å². The maximum atomic E-state index is 11.8. The molecule has 0 aromatic rings. The molecule has 0 aromatic carbocycles. The Bertz CT molecular complexity index is 222. The molecule has 0 aliphatic heterocycles. The molecule has 0 atom stereocenters. The molecule has 1 aliphatic carbocycles. The summed E-state index contributed by atoms with van der Waals surface area (Å²) in [5, 5.41) is 3.29. The molecular weight excluding hydrogens is 194 g/mol. The van der Waals surface area contributed by atoms with Crippen molar-refractivity contribution >= 4 is 5.97 Å². The largest absolute Gasteiger partial charge is 0.465 e. The van der Waals surface area contributed by atoms with E-state index < -0.39 is 5.54 Å². The van der Waals surface area contributed by atoms with Gasteiger partial charge in [0.25, 0.3) is 0 Å². The fraction of sp³-hybridized carbons (Fsp3) is 0.909. The molecule has 0 amide bonds. The highest BCUT2D eigenvalue weighted by molar-refractivity contribution is 5.82. The van der Waals surface area contributed by atoms with Gasteiger partial charge < -0.3 is 9.47 Å². The molecule has 0 spiro atoms. The zero-order valence-corrected chi connectivity index (χ0v) is 10.0. The lowest BCUT2D eigenvalue weighted by molar-refractivity contribution is -0.163. The second-order valence-electron chi connectivity index (χ2n) is 4.37. The molecule has 0 bridgehead atoms. The predicted octanol–water partition coefficient (Wildman–Crippen LogP) is 1.10. The first-order valence-corrected chi connectivity index (χ1v) is 5.51. The van der Waals surface area contributed by atoms with Gasteiger partial charge in [0.05, 0.1) is 12.7 Å². The number of carbonyl (C=O) groups excluding carboxylic acids is 1. The first kappa shape index (κ1) is 12.5. The summed E-state index contributed by atoms with van der Waals surface area (Å²) in [6, 6.07) is 0.271. The number of rotatable bonds is 5. The van der Waals surface area contributed by atoms with Gasteiger partial charge in [-0.25, -0.2) is 0 Å². The summed E-state index contributed by atoms with van der Waals surface area (Å²) in [5.74, 6) is -0.146. The smallest absolute Gasteiger partial charge is 0.326 e. The summed E-state index contributed by atoms with van der Waals surface area (Å²) in [7, 11) is 1.68. The lowest BCUT2D eigenvalue weighted by atomic mass is 9.73. The summed E-state index contributed by atoms with van der Waals surface area (Å²) in [6.45, 7) is 6.31. The molecule has 1 saturated carbocycles. The Kier molecular flexibility index (Phi) is 4.11. The van der Waals surface area contributed by atoms with Gasteiger partial charge in [-0.1, -0.05) is 0 Å². The standard InChI is InChI=1S/C11H21NO3/c1-5-15-10(13)11(12-8(2)3)6-9(7-11)14-4/h8-9,12H,5-7H2,1-4H3. The topological polar surface area (TPSA) is 47.6 Å². The van der Waals surface area contributed by atoms with Crippen molar-refractivity contribution in [2.24, 2.45) is 0 Å². The second-order valence-corrected chi connectivity index (χ2v) is 4.37. The summed E-state index contributed by atoms with van der Waals surface area (Å²) in [4.78, 5) is 11.8. The monoisotopic (exact) mass is 215 g/mol. The van der Waals surface area contributed by atoms with E-state index in [2.05, 4.69) is 5.32 Å². The van der Waals surface area contributed by atoms with Gasteiger partial charge in [0.2, 0.25) is 0 Å². The molecule has 1 aliphatic rings. The van der Waals surface area contributed by atoms with Gasteiger partial charge in [0, 0.05) is 26.0 Å². The molecule has 15 heavy (non-hydrogen) atoms. The van der Waals surface area contributed by atoms with E-state index >= 15 is 0 Å². The minimum absolute atomic E-state index is 0.146. The average molecular weight is 215 g/mol. The lowest BCUT2D eigenvalue weighted by Crippen LogP contribution is -2.65. The van der Waals surface area contributed by atoms with Crippen LogP contribution in [0.15, 0.2) is 0 Å². The molecule has 0 radical (unpaired) electrons. The summed E-state index contributed by atoms with van der Waals surface area (Å²) >= 11 is 0. The summed E-state index contributed by atoms with van der Waals surface area (Å²) in [5.41, 5.74) is -0.509. The third-order valence-corrected chi connectivity index (χ3v) is 2.72. The van der Waals surface area contributed by atoms with Gasteiger partial charge in [0.15, 0.2) is 0 Å². The van der Waals surface area contributed by atoms with E-state index in [1.54, 1.807) is 7.11 Å². The van der Waals surface area contributed by atoms with Crippen molar-refractivity contribution in [2.45, 2.75) is 51.3 Å². The average Bonchev–Trinajstić information content (AvgIpc) is 2.10. The van der Waals surface area contributed by atoms with E-state index in [4.69, 9.17) is 9.47 Å². The Labute approximate surface area is 91.3 Å². The van der Waals surface area contributed by atoms with Gasteiger partial charge in [-0.2, -0.15) is 0 Å². The van der Waals surface area contributed by atoms with E-state index in [9.17, 15) is 4.79 Å². The van der Waals surface area contributed by atoms with Gasteiger partial charge in [-0.15, -0.1) is 0 Å². The van der Waals surface area contributed by atoms with E-state index in [1.807, 2.05) is 20.8 Å². The molecule has 0 aromatic heterocycles. The minimum Gasteiger partial charge on any atom is -0.465 e. The number of hydrogen-bond donors (Lipinski definition) is 1. The maximum Gasteiger partial charge on any atom is 0.326 e. The van der Waals surface area contributed by atoms with Crippen molar-refractivity contribution in [1.82, 2.24) is 5.32 Å². The van der Waals surface area contributed by atoms with Gasteiger partial charge in [-0.05, 0) is 20.8 Å². The van der Waals surface area contributed by atoms with E-state index in [0.29, 0.717) is 19.4 Å². The first-order valence-electron chi connectivity index (χ1n) is 5.51. The Morgan fingerprint density at radius 2 is 2.13 bits per heavy atom. The van der Waals surface area contributed by atoms with E-state index in [-0.39, 0.29) is 18.1 Å². The van der Waals surface area contributed by atoms with Crippen LogP contribution in [0, 0.1) is 0 Å². The van der Waals surface area contributed by atoms with Crippen molar-refractivity contribution in [3.8, 4) is 0 Å². The molecule has 0 heterocycles. The van der Waals surface area contributed by atoms with Crippen LogP contribution in [0.5, 0.6) is 0 Å². The third kappa shape index (κ3) is 2.69. The van der Waals surface area contributed by atoms with Crippen LogP contribution in [0.1, 0.15) is 33.6 Å². The minimum atomic E-state index is -0.509. The molecule has 4 heteroatoms. The molecule has 0 saturated heterocycles. The van der Waals surface area contributed by atoms with Crippen LogP contribution in [0.4, 0.5) is 0 Å². The molecular formula is C11H21NO3. The highest BCUT2D eigenvalue weighted by Crippen LogP contribution is 2.35. The quantitative estimate of drug-likeness (QED) is 0.698. The van der Waals surface area contributed by atoms with E-state index in [0.717, 1.165) is 0 Å². The zero-order valence-electron chi connectivity index (χ0n) is 10.0. The molecule has 1 N–H and O–H groups in total. The normalized spacial score (nSPS) is 30.1. The number of esters is 1. The maximum absolute atomic E-state index is 11.8. The summed E-state index contributed by atoms with van der Waals surface area (Å²) < 4.78 is 10.3. The number of carbonyl (C=O) groups is 1. The van der Waals surface area contributed by atoms with Crippen molar-refractivity contribution in [1.29, 1.82) is 0 Å². The molecule has 88 valence electrons. The van der Waals surface area contributed by atoms with Crippen molar-refractivity contribution in [3.63, 3.8) is 0 Å². The van der Waals surface area contributed by atoms with Gasteiger partial charge >= 0.3 is 5.97 Å². The first-order chi connectivity index (χ1) is 7.04. The van der Waals surface area contributed by atoms with Gasteiger partial charge in [0.1, 0.15) is 5.54 Å². The van der Waals surface area contributed by atoms with Crippen LogP contribution in [-0.2, 0) is 14.3 Å². The Hall–Kier alpha value is -0.610. The van der Waals surface area contributed by atoms with Crippen LogP contribution in [0.3, 0.4) is 0 Å². The van der Waals surface area contributed by atoms with Crippen LogP contribution in [0.25, 0.3) is 0 Å². The van der Waals surface area contributed by atoms with Crippen LogP contribution in [-0.4, -0.2) is 37.4 Å². The fourth-order valence-corrected chi connectivity index (χ4v) is 2.05. The fourth-order valence-electron chi connectivity index (χ4n) is 2.05. The number of ether oxygens (including phenoxy) is 2. The van der Waals surface area contributed by atoms with Crippen LogP contribution in [0.2, 0.25) is 0 Å². The molecule has 0 unspecified atom stereocenters. The van der Waals surface area contributed by atoms with Crippen molar-refractivity contribution < 1.29 is 14.3 Å². The number of hydrogen-bond acceptors (Lipinski definition) is 4. The zero-order chi connectivity index (χ0) is 11.5. The molecule has 4 nitrogen and oxygen atoms in total. The third-order valence-electron chi connectivity index (χ3n) is 2.72. The predicted molar refractivity (Wildman–Crippen MR) is 57.7 cm³/mol.